The van der Waals surface area contributed by atoms with Crippen molar-refractivity contribution in [2.75, 3.05) is 31.8 Å². The van der Waals surface area contributed by atoms with Gasteiger partial charge in [-0.25, -0.2) is 8.42 Å². The van der Waals surface area contributed by atoms with Crippen molar-refractivity contribution in [2.24, 2.45) is 0 Å². The van der Waals surface area contributed by atoms with E-state index in [1.807, 2.05) is 0 Å². The maximum absolute atomic E-state index is 11.5. The Morgan fingerprint density at radius 1 is 1.53 bits per heavy atom. The summed E-state index contributed by atoms with van der Waals surface area (Å²) in [4.78, 5) is 11.5. The van der Waals surface area contributed by atoms with Gasteiger partial charge in [-0.3, -0.25) is 4.79 Å². The largest absolute Gasteiger partial charge is 0.460 e. The van der Waals surface area contributed by atoms with Gasteiger partial charge in [0.25, 0.3) is 0 Å². The average molecular weight is 265 g/mol. The van der Waals surface area contributed by atoms with E-state index in [2.05, 4.69) is 5.32 Å². The highest BCUT2D eigenvalue weighted by molar-refractivity contribution is 7.91. The Morgan fingerprint density at radius 2 is 2.24 bits per heavy atom. The van der Waals surface area contributed by atoms with E-state index in [1.54, 1.807) is 6.92 Å². The minimum absolute atomic E-state index is 0.000753. The van der Waals surface area contributed by atoms with Crippen molar-refractivity contribution in [3.05, 3.63) is 0 Å². The van der Waals surface area contributed by atoms with Crippen LogP contribution in [0, 0.1) is 0 Å². The molecule has 1 fully saturated rings. The lowest BCUT2D eigenvalue weighted by Gasteiger charge is -2.23. The molecule has 0 amide bonds. The van der Waals surface area contributed by atoms with Gasteiger partial charge in [0.2, 0.25) is 0 Å². The normalized spacial score (nSPS) is 25.2. The molecule has 1 rings (SSSR count). The van der Waals surface area contributed by atoms with Gasteiger partial charge in [0.15, 0.2) is 9.84 Å². The van der Waals surface area contributed by atoms with Crippen LogP contribution in [0.25, 0.3) is 0 Å². The Hall–Kier alpha value is -0.660. The number of nitrogens with one attached hydrogen (secondary N) is 1. The monoisotopic (exact) mass is 265 g/mol. The molecule has 0 aliphatic carbocycles. The summed E-state index contributed by atoms with van der Waals surface area (Å²) in [7, 11) is -1.48. The average Bonchev–Trinajstić information content (AvgIpc) is 2.15. The highest BCUT2D eigenvalue weighted by Crippen LogP contribution is 2.07. The SMILES string of the molecule is COCC(C)OC(=O)CC1CS(=O)(=O)CCN1. The molecule has 0 saturated carbocycles. The van der Waals surface area contributed by atoms with Crippen molar-refractivity contribution < 1.29 is 22.7 Å². The zero-order valence-electron chi connectivity index (χ0n) is 10.1. The van der Waals surface area contributed by atoms with Crippen LogP contribution in [0.15, 0.2) is 0 Å². The van der Waals surface area contributed by atoms with Gasteiger partial charge in [-0.2, -0.15) is 0 Å². The van der Waals surface area contributed by atoms with Gasteiger partial charge in [-0.05, 0) is 6.92 Å². The first kappa shape index (κ1) is 14.4. The lowest BCUT2D eigenvalue weighted by atomic mass is 10.2. The first-order chi connectivity index (χ1) is 7.93. The molecule has 2 unspecified atom stereocenters. The number of hydrogen-bond donors (Lipinski definition) is 1. The summed E-state index contributed by atoms with van der Waals surface area (Å²) in [5.74, 6) is -0.261. The molecule has 0 aromatic rings. The van der Waals surface area contributed by atoms with Crippen LogP contribution in [0.5, 0.6) is 0 Å². The lowest BCUT2D eigenvalue weighted by Crippen LogP contribution is -2.46. The molecule has 7 heteroatoms. The predicted molar refractivity (Wildman–Crippen MR) is 62.5 cm³/mol. The fourth-order valence-electron chi connectivity index (χ4n) is 1.74. The van der Waals surface area contributed by atoms with Crippen LogP contribution >= 0.6 is 0 Å². The number of carbonyl (C=O) groups is 1. The van der Waals surface area contributed by atoms with Crippen LogP contribution in [-0.2, 0) is 24.1 Å². The van der Waals surface area contributed by atoms with Crippen molar-refractivity contribution in [3.63, 3.8) is 0 Å². The van der Waals surface area contributed by atoms with Crippen molar-refractivity contribution in [2.45, 2.75) is 25.5 Å². The molecule has 0 aromatic heterocycles. The topological polar surface area (TPSA) is 81.7 Å². The highest BCUT2D eigenvalue weighted by atomic mass is 32.2. The summed E-state index contributed by atoms with van der Waals surface area (Å²) >= 11 is 0. The predicted octanol–water partition coefficient (Wildman–Crippen LogP) is -0.659. The number of hydrogen-bond acceptors (Lipinski definition) is 6. The quantitative estimate of drug-likeness (QED) is 0.665. The van der Waals surface area contributed by atoms with Crippen molar-refractivity contribution in [3.8, 4) is 0 Å². The van der Waals surface area contributed by atoms with Crippen LogP contribution in [0.4, 0.5) is 0 Å². The molecule has 1 aliphatic rings. The molecule has 1 aliphatic heterocycles. The molecule has 1 saturated heterocycles. The molecule has 6 nitrogen and oxygen atoms in total. The molecule has 100 valence electrons. The third kappa shape index (κ3) is 5.47. The smallest absolute Gasteiger partial charge is 0.307 e. The summed E-state index contributed by atoms with van der Waals surface area (Å²) in [5, 5.41) is 3.00. The molecule has 1 N–H and O–H groups in total. The zero-order chi connectivity index (χ0) is 12.9. The summed E-state index contributed by atoms with van der Waals surface area (Å²) in [6.07, 6.45) is -0.236. The zero-order valence-corrected chi connectivity index (χ0v) is 11.0. The molecule has 17 heavy (non-hydrogen) atoms. The van der Waals surface area contributed by atoms with E-state index in [0.29, 0.717) is 13.2 Å². The Balaban J connectivity index is 2.36. The van der Waals surface area contributed by atoms with Crippen molar-refractivity contribution in [1.82, 2.24) is 5.32 Å². The van der Waals surface area contributed by atoms with Gasteiger partial charge in [-0.15, -0.1) is 0 Å². The van der Waals surface area contributed by atoms with Gasteiger partial charge in [0, 0.05) is 19.7 Å². The van der Waals surface area contributed by atoms with Crippen molar-refractivity contribution in [1.29, 1.82) is 0 Å². The number of carbonyl (C=O) groups excluding carboxylic acids is 1. The van der Waals surface area contributed by atoms with Crippen LogP contribution in [-0.4, -0.2) is 58.3 Å². The van der Waals surface area contributed by atoms with Gasteiger partial charge in [-0.1, -0.05) is 0 Å². The van der Waals surface area contributed by atoms with Gasteiger partial charge >= 0.3 is 5.97 Å². The number of esters is 1. The van der Waals surface area contributed by atoms with Crippen LogP contribution in [0.1, 0.15) is 13.3 Å². The van der Waals surface area contributed by atoms with E-state index in [9.17, 15) is 13.2 Å². The van der Waals surface area contributed by atoms with E-state index < -0.39 is 15.8 Å². The standard InChI is InChI=1S/C10H19NO5S/c1-8(6-15-2)16-10(12)5-9-7-17(13,14)4-3-11-9/h8-9,11H,3-7H2,1-2H3. The third-order valence-electron chi connectivity index (χ3n) is 2.45. The minimum atomic E-state index is -3.01. The number of methoxy groups -OCH3 is 1. The van der Waals surface area contributed by atoms with Gasteiger partial charge < -0.3 is 14.8 Å². The summed E-state index contributed by atoms with van der Waals surface area (Å²) in [5.41, 5.74) is 0. The fraction of sp³-hybridized carbons (Fsp3) is 0.900. The van der Waals surface area contributed by atoms with Crippen LogP contribution in [0.2, 0.25) is 0 Å². The Morgan fingerprint density at radius 3 is 2.82 bits per heavy atom. The molecule has 0 bridgehead atoms. The van der Waals surface area contributed by atoms with Gasteiger partial charge in [0.05, 0.1) is 24.5 Å². The summed E-state index contributed by atoms with van der Waals surface area (Å²) < 4.78 is 32.6. The molecular weight excluding hydrogens is 246 g/mol. The minimum Gasteiger partial charge on any atom is -0.460 e. The second-order valence-electron chi connectivity index (χ2n) is 4.23. The lowest BCUT2D eigenvalue weighted by molar-refractivity contribution is -0.150. The summed E-state index contributed by atoms with van der Waals surface area (Å²) in [6.45, 7) is 2.46. The van der Waals surface area contributed by atoms with Crippen LogP contribution < -0.4 is 5.32 Å². The van der Waals surface area contributed by atoms with E-state index >= 15 is 0 Å². The molecule has 1 heterocycles. The molecule has 0 radical (unpaired) electrons. The molecule has 0 spiro atoms. The second kappa shape index (κ2) is 6.32. The van der Waals surface area contributed by atoms with E-state index in [4.69, 9.17) is 9.47 Å². The van der Waals surface area contributed by atoms with Crippen LogP contribution in [0.3, 0.4) is 0 Å². The Kier molecular flexibility index (Phi) is 5.35. The third-order valence-corrected chi connectivity index (χ3v) is 4.18. The number of rotatable bonds is 5. The highest BCUT2D eigenvalue weighted by Gasteiger charge is 2.26. The molecule has 0 aromatic carbocycles. The van der Waals surface area contributed by atoms with Crippen molar-refractivity contribution >= 4 is 15.8 Å². The second-order valence-corrected chi connectivity index (χ2v) is 6.45. The summed E-state index contributed by atoms with van der Waals surface area (Å²) in [6, 6.07) is -0.337. The Labute approximate surface area is 102 Å². The first-order valence-corrected chi connectivity index (χ1v) is 7.37. The Bertz CT molecular complexity index is 354. The first-order valence-electron chi connectivity index (χ1n) is 5.55. The van der Waals surface area contributed by atoms with Gasteiger partial charge in [0.1, 0.15) is 6.10 Å². The van der Waals surface area contributed by atoms with E-state index in [-0.39, 0.29) is 30.1 Å². The maximum atomic E-state index is 11.5. The number of sulfone groups is 1. The van der Waals surface area contributed by atoms with E-state index in [0.717, 1.165) is 0 Å². The number of ether oxygens (including phenoxy) is 2. The fourth-order valence-corrected chi connectivity index (χ4v) is 3.19. The van der Waals surface area contributed by atoms with E-state index in [1.165, 1.54) is 7.11 Å². The maximum Gasteiger partial charge on any atom is 0.307 e. The molecular formula is C10H19NO5S. The molecule has 2 atom stereocenters.